The van der Waals surface area contributed by atoms with Gasteiger partial charge in [-0.15, -0.1) is 0 Å². The summed E-state index contributed by atoms with van der Waals surface area (Å²) in [4.78, 5) is 27.8. The SMILES string of the molecule is O=C(CCCC[C@H]1SC[C@H]2NC(=O)N[C@@H]21)Nc1ccc2ncccc2c1. The number of nitrogens with one attached hydrogen (secondary N) is 3. The number of anilines is 1. The molecule has 2 aliphatic rings. The number of pyridine rings is 1. The van der Waals surface area contributed by atoms with Crippen molar-refractivity contribution in [2.24, 2.45) is 0 Å². The average Bonchev–Trinajstić information content (AvgIpc) is 3.18. The lowest BCUT2D eigenvalue weighted by Crippen LogP contribution is -2.36. The first-order valence-electron chi connectivity index (χ1n) is 9.02. The Morgan fingerprint density at radius 3 is 3.12 bits per heavy atom. The normalized spacial score (nSPS) is 24.2. The second-order valence-corrected chi connectivity index (χ2v) is 8.10. The molecule has 2 saturated heterocycles. The Morgan fingerprint density at radius 2 is 2.19 bits per heavy atom. The fourth-order valence-electron chi connectivity index (χ4n) is 3.65. The Bertz CT molecular complexity index is 828. The molecule has 6 nitrogen and oxygen atoms in total. The highest BCUT2D eigenvalue weighted by molar-refractivity contribution is 8.00. The lowest BCUT2D eigenvalue weighted by molar-refractivity contribution is -0.116. The molecule has 2 aromatic rings. The second kappa shape index (κ2) is 7.53. The molecule has 4 rings (SSSR count). The molecule has 3 heterocycles. The number of unbranched alkanes of at least 4 members (excludes halogenated alkanes) is 1. The first-order valence-corrected chi connectivity index (χ1v) is 10.1. The van der Waals surface area contributed by atoms with Gasteiger partial charge in [0.15, 0.2) is 0 Å². The van der Waals surface area contributed by atoms with E-state index in [1.54, 1.807) is 6.20 Å². The van der Waals surface area contributed by atoms with Gasteiger partial charge in [0.1, 0.15) is 0 Å². The van der Waals surface area contributed by atoms with Crippen molar-refractivity contribution in [2.75, 3.05) is 11.1 Å². The van der Waals surface area contributed by atoms with Gasteiger partial charge < -0.3 is 16.0 Å². The molecule has 0 aliphatic carbocycles. The van der Waals surface area contributed by atoms with Crippen molar-refractivity contribution in [3.05, 3.63) is 36.5 Å². The predicted molar refractivity (Wildman–Crippen MR) is 104 cm³/mol. The maximum atomic E-state index is 12.2. The summed E-state index contributed by atoms with van der Waals surface area (Å²) in [5, 5.41) is 10.4. The third-order valence-electron chi connectivity index (χ3n) is 4.97. The lowest BCUT2D eigenvalue weighted by atomic mass is 10.0. The van der Waals surface area contributed by atoms with E-state index in [-0.39, 0.29) is 24.0 Å². The summed E-state index contributed by atoms with van der Waals surface area (Å²) in [5.74, 6) is 1.02. The van der Waals surface area contributed by atoms with Gasteiger partial charge in [-0.3, -0.25) is 9.78 Å². The molecule has 136 valence electrons. The predicted octanol–water partition coefficient (Wildman–Crippen LogP) is 2.90. The maximum absolute atomic E-state index is 12.2. The minimum absolute atomic E-state index is 0.0426. The van der Waals surface area contributed by atoms with Gasteiger partial charge in [-0.05, 0) is 37.1 Å². The quantitative estimate of drug-likeness (QED) is 0.539. The number of carbonyl (C=O) groups is 2. The molecule has 7 heteroatoms. The Hall–Kier alpha value is -2.28. The molecule has 3 amide bonds. The summed E-state index contributed by atoms with van der Waals surface area (Å²) in [5.41, 5.74) is 1.73. The molecule has 0 bridgehead atoms. The van der Waals surface area contributed by atoms with Gasteiger partial charge in [0.05, 0.1) is 17.6 Å². The van der Waals surface area contributed by atoms with Gasteiger partial charge in [0, 0.05) is 34.7 Å². The Morgan fingerprint density at radius 1 is 1.27 bits per heavy atom. The Kier molecular flexibility index (Phi) is 4.97. The van der Waals surface area contributed by atoms with Crippen LogP contribution in [-0.2, 0) is 4.79 Å². The number of benzene rings is 1. The van der Waals surface area contributed by atoms with Crippen LogP contribution < -0.4 is 16.0 Å². The molecule has 2 aliphatic heterocycles. The molecule has 1 aromatic carbocycles. The minimum atomic E-state index is -0.0461. The van der Waals surface area contributed by atoms with Crippen molar-refractivity contribution in [2.45, 2.75) is 43.0 Å². The van der Waals surface area contributed by atoms with E-state index in [0.29, 0.717) is 11.7 Å². The molecule has 0 saturated carbocycles. The highest BCUT2D eigenvalue weighted by Crippen LogP contribution is 2.33. The van der Waals surface area contributed by atoms with Gasteiger partial charge in [0.25, 0.3) is 0 Å². The van der Waals surface area contributed by atoms with Crippen molar-refractivity contribution in [3.8, 4) is 0 Å². The number of amides is 3. The highest BCUT2D eigenvalue weighted by atomic mass is 32.2. The minimum Gasteiger partial charge on any atom is -0.332 e. The number of carbonyl (C=O) groups excluding carboxylic acids is 2. The van der Waals surface area contributed by atoms with E-state index in [1.165, 1.54) is 0 Å². The van der Waals surface area contributed by atoms with Gasteiger partial charge >= 0.3 is 6.03 Å². The van der Waals surface area contributed by atoms with Crippen molar-refractivity contribution in [1.82, 2.24) is 15.6 Å². The molecule has 3 atom stereocenters. The first-order chi connectivity index (χ1) is 12.7. The van der Waals surface area contributed by atoms with Crippen LogP contribution in [0.15, 0.2) is 36.5 Å². The number of hydrogen-bond acceptors (Lipinski definition) is 4. The van der Waals surface area contributed by atoms with Crippen molar-refractivity contribution in [1.29, 1.82) is 0 Å². The zero-order valence-electron chi connectivity index (χ0n) is 14.4. The van der Waals surface area contributed by atoms with Gasteiger partial charge in [-0.25, -0.2) is 4.79 Å². The van der Waals surface area contributed by atoms with Gasteiger partial charge in [-0.2, -0.15) is 11.8 Å². The molecule has 0 spiro atoms. The lowest BCUT2D eigenvalue weighted by Gasteiger charge is -2.16. The van der Waals surface area contributed by atoms with E-state index in [2.05, 4.69) is 20.9 Å². The first kappa shape index (κ1) is 17.1. The number of thioether (sulfide) groups is 1. The second-order valence-electron chi connectivity index (χ2n) is 6.83. The molecule has 3 N–H and O–H groups in total. The van der Waals surface area contributed by atoms with E-state index in [0.717, 1.165) is 41.6 Å². The molecular formula is C19H22N4O2S. The number of fused-ring (bicyclic) bond motifs is 2. The summed E-state index contributed by atoms with van der Waals surface area (Å²) < 4.78 is 0. The number of urea groups is 1. The summed E-state index contributed by atoms with van der Waals surface area (Å²) in [7, 11) is 0. The molecular weight excluding hydrogens is 348 g/mol. The molecule has 0 unspecified atom stereocenters. The van der Waals surface area contributed by atoms with Crippen LogP contribution in [0.3, 0.4) is 0 Å². The van der Waals surface area contributed by atoms with Crippen LogP contribution >= 0.6 is 11.8 Å². The number of hydrogen-bond donors (Lipinski definition) is 3. The Balaban J connectivity index is 1.21. The fourth-order valence-corrected chi connectivity index (χ4v) is 5.19. The third-order valence-corrected chi connectivity index (χ3v) is 6.48. The standard InChI is InChI=1S/C19H22N4O2S/c24-17(21-13-7-8-14-12(10-13)4-3-9-20-14)6-2-1-5-16-18-15(11-26-16)22-19(25)23-18/h3-4,7-10,15-16,18H,1-2,5-6,11H2,(H,21,24)(H2,22,23,25)/t15-,16-,18+/m1/s1. The molecule has 2 fully saturated rings. The summed E-state index contributed by atoms with van der Waals surface area (Å²) in [6.45, 7) is 0. The smallest absolute Gasteiger partial charge is 0.315 e. The number of nitrogens with zero attached hydrogens (tertiary/aromatic N) is 1. The fraction of sp³-hybridized carbons (Fsp3) is 0.421. The molecule has 0 radical (unpaired) electrons. The van der Waals surface area contributed by atoms with Crippen LogP contribution in [0.1, 0.15) is 25.7 Å². The van der Waals surface area contributed by atoms with E-state index in [1.807, 2.05) is 42.1 Å². The average molecular weight is 370 g/mol. The van der Waals surface area contributed by atoms with Crippen LogP contribution in [0.5, 0.6) is 0 Å². The van der Waals surface area contributed by atoms with E-state index >= 15 is 0 Å². The number of aromatic nitrogens is 1. The largest absolute Gasteiger partial charge is 0.332 e. The summed E-state index contributed by atoms with van der Waals surface area (Å²) in [6.07, 6.45) is 5.16. The topological polar surface area (TPSA) is 83.1 Å². The number of rotatable bonds is 6. The summed E-state index contributed by atoms with van der Waals surface area (Å²) >= 11 is 1.92. The van der Waals surface area contributed by atoms with Crippen LogP contribution in [0.25, 0.3) is 10.9 Å². The molecule has 1 aromatic heterocycles. The monoisotopic (exact) mass is 370 g/mol. The van der Waals surface area contributed by atoms with Crippen LogP contribution in [0.2, 0.25) is 0 Å². The van der Waals surface area contributed by atoms with Crippen molar-refractivity contribution >= 4 is 40.3 Å². The van der Waals surface area contributed by atoms with E-state index in [9.17, 15) is 9.59 Å². The van der Waals surface area contributed by atoms with Crippen LogP contribution in [-0.4, -0.2) is 40.0 Å². The summed E-state index contributed by atoms with van der Waals surface area (Å²) in [6, 6.07) is 10.1. The van der Waals surface area contributed by atoms with Crippen molar-refractivity contribution in [3.63, 3.8) is 0 Å². The van der Waals surface area contributed by atoms with E-state index < -0.39 is 0 Å². The van der Waals surface area contributed by atoms with E-state index in [4.69, 9.17) is 0 Å². The van der Waals surface area contributed by atoms with Crippen molar-refractivity contribution < 1.29 is 9.59 Å². The maximum Gasteiger partial charge on any atom is 0.315 e. The highest BCUT2D eigenvalue weighted by Gasteiger charge is 2.42. The zero-order valence-corrected chi connectivity index (χ0v) is 15.2. The van der Waals surface area contributed by atoms with Gasteiger partial charge in [-0.1, -0.05) is 12.5 Å². The zero-order chi connectivity index (χ0) is 17.9. The van der Waals surface area contributed by atoms with Gasteiger partial charge in [0.2, 0.25) is 5.91 Å². The molecule has 26 heavy (non-hydrogen) atoms. The van der Waals surface area contributed by atoms with Crippen LogP contribution in [0, 0.1) is 0 Å². The third kappa shape index (κ3) is 3.77. The Labute approximate surface area is 156 Å². The van der Waals surface area contributed by atoms with Crippen LogP contribution in [0.4, 0.5) is 10.5 Å².